The van der Waals surface area contributed by atoms with Gasteiger partial charge in [0.05, 0.1) is 16.6 Å². The molecule has 7 heteroatoms. The summed E-state index contributed by atoms with van der Waals surface area (Å²) in [5.74, 6) is 0.655. The molecule has 0 atom stereocenters. The molecule has 1 aromatic heterocycles. The summed E-state index contributed by atoms with van der Waals surface area (Å²) in [7, 11) is 0. The third-order valence-electron chi connectivity index (χ3n) is 4.58. The molecule has 0 unspecified atom stereocenters. The molecule has 2 aromatic carbocycles. The maximum atomic E-state index is 11.7. The van der Waals surface area contributed by atoms with Crippen molar-refractivity contribution >= 4 is 45.7 Å². The van der Waals surface area contributed by atoms with Crippen LogP contribution in [0.15, 0.2) is 42.5 Å². The molecule has 0 saturated heterocycles. The average Bonchev–Trinajstić information content (AvgIpc) is 2.71. The minimum Gasteiger partial charge on any atom is -0.489 e. The first-order valence-electron chi connectivity index (χ1n) is 9.84. The molecular formula is C23H25Cl2N3O2. The topological polar surface area (TPSA) is 63.2 Å². The molecule has 2 N–H and O–H groups in total. The molecule has 0 aliphatic heterocycles. The molecule has 0 bridgehead atoms. The van der Waals surface area contributed by atoms with Crippen LogP contribution in [0.5, 0.6) is 5.75 Å². The fourth-order valence-corrected chi connectivity index (χ4v) is 3.32. The van der Waals surface area contributed by atoms with E-state index in [0.29, 0.717) is 35.5 Å². The van der Waals surface area contributed by atoms with E-state index in [1.165, 1.54) is 0 Å². The lowest BCUT2D eigenvalue weighted by Crippen LogP contribution is -2.31. The minimum atomic E-state index is -0.0453. The van der Waals surface area contributed by atoms with Crippen molar-refractivity contribution < 1.29 is 9.53 Å². The van der Waals surface area contributed by atoms with Crippen molar-refractivity contribution in [2.45, 2.75) is 27.3 Å². The van der Waals surface area contributed by atoms with Gasteiger partial charge in [0.2, 0.25) is 5.91 Å². The monoisotopic (exact) mass is 445 g/mol. The molecule has 3 rings (SSSR count). The standard InChI is InChI=1S/C23H25Cl2N3O2/c1-14(2)23(29)26-9-10-30-21-6-4-5-17-20(11-15(3)28-22(17)21)27-13-16-7-8-18(24)19(25)12-16/h4-8,11-12,14H,9-10,13H2,1-3H3,(H,26,29)(H,27,28). The number of nitrogens with zero attached hydrogens (tertiary/aromatic N) is 1. The number of rotatable bonds is 8. The molecule has 5 nitrogen and oxygen atoms in total. The smallest absolute Gasteiger partial charge is 0.222 e. The lowest BCUT2D eigenvalue weighted by molar-refractivity contribution is -0.124. The molecule has 1 heterocycles. The highest BCUT2D eigenvalue weighted by Gasteiger charge is 2.10. The van der Waals surface area contributed by atoms with Crippen molar-refractivity contribution in [1.82, 2.24) is 10.3 Å². The summed E-state index contributed by atoms with van der Waals surface area (Å²) in [4.78, 5) is 16.3. The number of hydrogen-bond donors (Lipinski definition) is 2. The van der Waals surface area contributed by atoms with Crippen LogP contribution in [0.1, 0.15) is 25.1 Å². The van der Waals surface area contributed by atoms with Crippen molar-refractivity contribution in [3.63, 3.8) is 0 Å². The van der Waals surface area contributed by atoms with Crippen LogP contribution in [0, 0.1) is 12.8 Å². The number of carbonyl (C=O) groups is 1. The van der Waals surface area contributed by atoms with Crippen molar-refractivity contribution in [3.8, 4) is 5.75 Å². The average molecular weight is 446 g/mol. The van der Waals surface area contributed by atoms with E-state index in [-0.39, 0.29) is 11.8 Å². The first kappa shape index (κ1) is 22.2. The third kappa shape index (κ3) is 5.55. The highest BCUT2D eigenvalue weighted by molar-refractivity contribution is 6.42. The lowest BCUT2D eigenvalue weighted by Gasteiger charge is -2.14. The quantitative estimate of drug-likeness (QED) is 0.442. The van der Waals surface area contributed by atoms with Gasteiger partial charge in [-0.05, 0) is 36.8 Å². The summed E-state index contributed by atoms with van der Waals surface area (Å²) in [6, 6.07) is 13.4. The Labute approximate surface area is 186 Å². The summed E-state index contributed by atoms with van der Waals surface area (Å²) in [6.07, 6.45) is 0. The number of ether oxygens (including phenoxy) is 1. The van der Waals surface area contributed by atoms with Gasteiger partial charge in [-0.2, -0.15) is 0 Å². The molecule has 1 amide bonds. The van der Waals surface area contributed by atoms with E-state index in [1.807, 2.05) is 57.2 Å². The maximum Gasteiger partial charge on any atom is 0.222 e. The zero-order valence-corrected chi connectivity index (χ0v) is 18.8. The van der Waals surface area contributed by atoms with Crippen LogP contribution < -0.4 is 15.4 Å². The predicted molar refractivity (Wildman–Crippen MR) is 124 cm³/mol. The molecule has 0 saturated carbocycles. The van der Waals surface area contributed by atoms with E-state index in [9.17, 15) is 4.79 Å². The Hall–Kier alpha value is -2.50. The second kappa shape index (κ2) is 10.0. The largest absolute Gasteiger partial charge is 0.489 e. The first-order valence-corrected chi connectivity index (χ1v) is 10.6. The summed E-state index contributed by atoms with van der Waals surface area (Å²) < 4.78 is 5.91. The summed E-state index contributed by atoms with van der Waals surface area (Å²) in [5, 5.41) is 8.35. The molecule has 0 spiro atoms. The number of pyridine rings is 1. The number of aryl methyl sites for hydroxylation is 1. The number of halogens is 2. The number of aromatic nitrogens is 1. The third-order valence-corrected chi connectivity index (χ3v) is 5.32. The second-order valence-electron chi connectivity index (χ2n) is 7.36. The van der Waals surface area contributed by atoms with Gasteiger partial charge in [-0.3, -0.25) is 4.79 Å². The molecule has 30 heavy (non-hydrogen) atoms. The zero-order chi connectivity index (χ0) is 21.7. The Balaban J connectivity index is 1.75. The van der Waals surface area contributed by atoms with Gasteiger partial charge >= 0.3 is 0 Å². The number of benzene rings is 2. The predicted octanol–water partition coefficient (Wildman–Crippen LogP) is 5.61. The number of carbonyl (C=O) groups excluding carboxylic acids is 1. The fraction of sp³-hybridized carbons (Fsp3) is 0.304. The van der Waals surface area contributed by atoms with E-state index in [0.717, 1.165) is 27.8 Å². The Morgan fingerprint density at radius 1 is 1.13 bits per heavy atom. The Bertz CT molecular complexity index is 1050. The summed E-state index contributed by atoms with van der Waals surface area (Å²) in [6.45, 7) is 7.09. The van der Waals surface area contributed by atoms with Crippen molar-refractivity contribution in [3.05, 3.63) is 63.8 Å². The van der Waals surface area contributed by atoms with Crippen LogP contribution >= 0.6 is 23.2 Å². The molecule has 0 fully saturated rings. The van der Waals surface area contributed by atoms with Gasteiger partial charge in [-0.15, -0.1) is 0 Å². The fourth-order valence-electron chi connectivity index (χ4n) is 3.00. The molecule has 0 radical (unpaired) electrons. The van der Waals surface area contributed by atoms with Gasteiger partial charge in [-0.1, -0.05) is 55.2 Å². The number of fused-ring (bicyclic) bond motifs is 1. The van der Waals surface area contributed by atoms with Crippen LogP contribution in [0.2, 0.25) is 10.0 Å². The first-order chi connectivity index (χ1) is 14.3. The molecule has 0 aliphatic carbocycles. The maximum absolute atomic E-state index is 11.7. The van der Waals surface area contributed by atoms with Gasteiger partial charge in [0.15, 0.2) is 0 Å². The van der Waals surface area contributed by atoms with E-state index < -0.39 is 0 Å². The van der Waals surface area contributed by atoms with E-state index in [1.54, 1.807) is 6.07 Å². The number of para-hydroxylation sites is 1. The van der Waals surface area contributed by atoms with E-state index in [2.05, 4.69) is 15.6 Å². The Morgan fingerprint density at radius 2 is 1.93 bits per heavy atom. The van der Waals surface area contributed by atoms with Gasteiger partial charge in [0.1, 0.15) is 17.9 Å². The molecule has 3 aromatic rings. The van der Waals surface area contributed by atoms with Crippen LogP contribution in [0.25, 0.3) is 10.9 Å². The van der Waals surface area contributed by atoms with Gasteiger partial charge in [-0.25, -0.2) is 4.98 Å². The normalized spacial score (nSPS) is 11.0. The SMILES string of the molecule is Cc1cc(NCc2ccc(Cl)c(Cl)c2)c2cccc(OCCNC(=O)C(C)C)c2n1. The van der Waals surface area contributed by atoms with Gasteiger partial charge in [0.25, 0.3) is 0 Å². The molecule has 158 valence electrons. The van der Waals surface area contributed by atoms with Crippen LogP contribution in [0.3, 0.4) is 0 Å². The number of nitrogens with one attached hydrogen (secondary N) is 2. The lowest BCUT2D eigenvalue weighted by atomic mass is 10.1. The summed E-state index contributed by atoms with van der Waals surface area (Å²) in [5.41, 5.74) is 3.65. The van der Waals surface area contributed by atoms with Crippen molar-refractivity contribution in [1.29, 1.82) is 0 Å². The van der Waals surface area contributed by atoms with Gasteiger partial charge in [0, 0.05) is 29.2 Å². The number of amides is 1. The van der Waals surface area contributed by atoms with Crippen LogP contribution in [-0.2, 0) is 11.3 Å². The van der Waals surface area contributed by atoms with Crippen LogP contribution in [-0.4, -0.2) is 24.0 Å². The van der Waals surface area contributed by atoms with E-state index >= 15 is 0 Å². The number of anilines is 1. The number of hydrogen-bond acceptors (Lipinski definition) is 4. The second-order valence-corrected chi connectivity index (χ2v) is 8.17. The van der Waals surface area contributed by atoms with E-state index in [4.69, 9.17) is 27.9 Å². The Kier molecular flexibility index (Phi) is 7.40. The van der Waals surface area contributed by atoms with Gasteiger partial charge < -0.3 is 15.4 Å². The highest BCUT2D eigenvalue weighted by atomic mass is 35.5. The summed E-state index contributed by atoms with van der Waals surface area (Å²) >= 11 is 12.1. The highest BCUT2D eigenvalue weighted by Crippen LogP contribution is 2.31. The Morgan fingerprint density at radius 3 is 2.67 bits per heavy atom. The molecule has 0 aliphatic rings. The van der Waals surface area contributed by atoms with Crippen LogP contribution in [0.4, 0.5) is 5.69 Å². The minimum absolute atomic E-state index is 0.0132. The molecular weight excluding hydrogens is 421 g/mol. The van der Waals surface area contributed by atoms with Crippen molar-refractivity contribution in [2.24, 2.45) is 5.92 Å². The zero-order valence-electron chi connectivity index (χ0n) is 17.3. The van der Waals surface area contributed by atoms with Crippen molar-refractivity contribution in [2.75, 3.05) is 18.5 Å².